The van der Waals surface area contributed by atoms with Crippen molar-refractivity contribution in [2.75, 3.05) is 38.4 Å². The second-order valence-corrected chi connectivity index (χ2v) is 47.2. The van der Waals surface area contributed by atoms with Gasteiger partial charge in [0.2, 0.25) is 0 Å². The third-order valence-corrected chi connectivity index (χ3v) is 32.1. The molecule has 4 unspecified atom stereocenters. The average molecular weight is 2000 g/mol. The maximum atomic E-state index is 5.57. The lowest BCUT2D eigenvalue weighted by molar-refractivity contribution is 0.0762. The minimum atomic E-state index is 0.521. The lowest BCUT2D eigenvalue weighted by atomic mass is 9.85. The Kier molecular flexibility index (Phi) is 44.4. The number of hydrogen-bond acceptors (Lipinski definition) is 11. The fourth-order valence-electron chi connectivity index (χ4n) is 21.8. The number of aryl methyl sites for hydroxylation is 8. The summed E-state index contributed by atoms with van der Waals surface area (Å²) in [7, 11) is 0. The number of fused-ring (bicyclic) bond motifs is 12. The minimum Gasteiger partial charge on any atom is -0.493 e. The number of aromatic nitrogens is 5. The van der Waals surface area contributed by atoms with E-state index >= 15 is 0 Å². The van der Waals surface area contributed by atoms with Crippen LogP contribution in [0.1, 0.15) is 407 Å². The van der Waals surface area contributed by atoms with E-state index in [4.69, 9.17) is 23.7 Å². The molecule has 7 aromatic carbocycles. The fraction of sp³-hybridized carbons (Fsp3) is 0.511. The highest BCUT2D eigenvalue weighted by Gasteiger charge is 2.30. The Bertz CT molecular complexity index is 5410. The van der Waals surface area contributed by atoms with E-state index in [1.165, 1.54) is 238 Å². The summed E-state index contributed by atoms with van der Waals surface area (Å²) in [6.45, 7) is 61.2. The van der Waals surface area contributed by atoms with E-state index in [1.807, 2.05) is 24.5 Å². The Labute approximate surface area is 895 Å². The number of pyridine rings is 5. The van der Waals surface area contributed by atoms with Gasteiger partial charge >= 0.3 is 0 Å². The number of rotatable bonds is 12. The molecule has 0 radical (unpaired) electrons. The quantitative estimate of drug-likeness (QED) is 0.126. The van der Waals surface area contributed by atoms with Gasteiger partial charge in [-0.2, -0.15) is 0 Å². The molecule has 1 N–H and O–H groups in total. The van der Waals surface area contributed by atoms with Crippen LogP contribution < -0.4 is 10.1 Å². The standard InChI is InChI=1S/2C12H16O.3C12H16.2C11H15NO.4C11H15N.C11H14O/c1-9(2)10-3-4-12-8-13-6-5-11(12)7-10;1-9(2)12-8-13-7-10-5-3-4-6-11(10)12;2*1-9(2)11-7-6-10-4-3-5-12(10)8-11;1-9(2)12-7-10-5-3-4-6-11(10)8-12;1-8(2)10-4-3-9-7-13-6-5-11(9)12-10;1-8(2)10-6-13-7-11-9(10)4-3-5-12-11;1-8(2)10-6-9-4-3-5-12-11(9)7-10;2*1-8(2)10-7-6-9-4-3-5-11(9)12-10;1-8(2)11-7-9-5-3-4-6-10(9)12-11;1-8(2)9-3-4-11-10(7-9)5-6-12-11/h3-4,7,9H,5-6,8H2,1-2H3;3-6,9,12H,7-8H2,1-2H3;2*6-9H,3-5H2,1-2H3;3-6,9,12H,7-8H2,1-2H3;3-4,8H,5-7H2,1-2H3;3-5,8,10H,6-7H2,1-2H3;3-5,8,10H,6-7H2,1-2H3;2*6-8H,3-5H2,1-2H3;3-6,8,11-12H,7H2,1-2H3;3-4,7-8H,5-6H2,1-2H3. The molecule has 12 aromatic rings. The number of nitrogens with one attached hydrogen (secondary N) is 1. The van der Waals surface area contributed by atoms with Crippen molar-refractivity contribution in [3.8, 4) is 5.75 Å². The van der Waals surface area contributed by atoms with Crippen molar-refractivity contribution in [1.82, 2.24) is 24.9 Å². The zero-order chi connectivity index (χ0) is 105. The molecule has 0 fully saturated rings. The van der Waals surface area contributed by atoms with E-state index < -0.39 is 0 Å². The molecule has 5 aromatic heterocycles. The van der Waals surface area contributed by atoms with Gasteiger partial charge in [-0.15, -0.1) is 0 Å². The third-order valence-electron chi connectivity index (χ3n) is 32.1. The van der Waals surface area contributed by atoms with Crippen molar-refractivity contribution >= 4 is 5.69 Å². The first kappa shape index (κ1) is 115. The number of benzene rings is 7. The summed E-state index contributed by atoms with van der Waals surface area (Å²) in [4.78, 5) is 22.7. The zero-order valence-corrected chi connectivity index (χ0v) is 95.4. The van der Waals surface area contributed by atoms with Crippen LogP contribution in [0, 0.1) is 41.4 Å². The van der Waals surface area contributed by atoms with Gasteiger partial charge in [0.25, 0.3) is 0 Å². The van der Waals surface area contributed by atoms with E-state index in [2.05, 4.69) is 391 Å². The molecule has 24 rings (SSSR count). The average Bonchev–Trinajstić information content (AvgIpc) is 1.26. The van der Waals surface area contributed by atoms with Crippen LogP contribution in [-0.4, -0.2) is 64.0 Å². The Balaban J connectivity index is 0.000000135. The lowest BCUT2D eigenvalue weighted by Crippen LogP contribution is -2.21. The highest BCUT2D eigenvalue weighted by atomic mass is 16.5. The molecule has 11 nitrogen and oxygen atoms in total. The van der Waals surface area contributed by atoms with Crippen molar-refractivity contribution in [1.29, 1.82) is 0 Å². The first-order chi connectivity index (χ1) is 71.3. The fourth-order valence-corrected chi connectivity index (χ4v) is 21.8. The molecule has 6 aliphatic carbocycles. The van der Waals surface area contributed by atoms with E-state index in [0.717, 1.165) is 113 Å². The molecule has 0 saturated heterocycles. The van der Waals surface area contributed by atoms with Crippen molar-refractivity contribution in [2.24, 2.45) is 41.4 Å². The van der Waals surface area contributed by atoms with Crippen LogP contribution in [0.5, 0.6) is 5.75 Å². The molecule has 4 atom stereocenters. The van der Waals surface area contributed by atoms with Gasteiger partial charge in [0.05, 0.1) is 65.2 Å². The largest absolute Gasteiger partial charge is 0.493 e. The molecule has 0 amide bonds. The number of anilines is 1. The first-order valence-electron chi connectivity index (χ1n) is 57.5. The molecule has 792 valence electrons. The molecule has 0 bridgehead atoms. The molecule has 11 heterocycles. The second-order valence-electron chi connectivity index (χ2n) is 47.2. The Morgan fingerprint density at radius 2 is 0.635 bits per heavy atom. The topological polar surface area (TPSA) is 123 Å². The monoisotopic (exact) mass is 1990 g/mol. The van der Waals surface area contributed by atoms with Gasteiger partial charge in [-0.25, -0.2) is 0 Å². The van der Waals surface area contributed by atoms with Crippen LogP contribution in [0.15, 0.2) is 219 Å². The van der Waals surface area contributed by atoms with Crippen LogP contribution >= 0.6 is 0 Å². The summed E-state index contributed by atoms with van der Waals surface area (Å²) in [5.41, 5.74) is 42.4. The number of hydrogen-bond donors (Lipinski definition) is 1. The van der Waals surface area contributed by atoms with Gasteiger partial charge in [0, 0.05) is 88.7 Å². The maximum absolute atomic E-state index is 5.57. The van der Waals surface area contributed by atoms with Crippen molar-refractivity contribution < 1.29 is 23.7 Å². The van der Waals surface area contributed by atoms with Crippen LogP contribution in [0.3, 0.4) is 0 Å². The van der Waals surface area contributed by atoms with E-state index in [-0.39, 0.29) is 0 Å². The Hall–Kier alpha value is -10.3. The second kappa shape index (κ2) is 57.3. The first-order valence-corrected chi connectivity index (χ1v) is 57.5. The zero-order valence-electron chi connectivity index (χ0n) is 95.4. The highest BCUT2D eigenvalue weighted by Crippen LogP contribution is 2.39. The van der Waals surface area contributed by atoms with Gasteiger partial charge in [-0.3, -0.25) is 24.9 Å². The highest BCUT2D eigenvalue weighted by molar-refractivity contribution is 5.57. The summed E-state index contributed by atoms with van der Waals surface area (Å²) < 4.78 is 27.3. The van der Waals surface area contributed by atoms with Crippen molar-refractivity contribution in [2.45, 2.75) is 380 Å². The van der Waals surface area contributed by atoms with E-state index in [0.29, 0.717) is 77.7 Å². The van der Waals surface area contributed by atoms with Crippen molar-refractivity contribution in [3.63, 3.8) is 0 Å². The summed E-state index contributed by atoms with van der Waals surface area (Å²) in [5, 5.41) is 3.53. The van der Waals surface area contributed by atoms with Gasteiger partial charge in [0.15, 0.2) is 0 Å². The summed E-state index contributed by atoms with van der Waals surface area (Å²) in [5.74, 6) is 11.8. The predicted octanol–water partition coefficient (Wildman–Crippen LogP) is 33.4. The molecule has 12 aliphatic rings. The van der Waals surface area contributed by atoms with Crippen LogP contribution in [0.25, 0.3) is 0 Å². The van der Waals surface area contributed by atoms with Crippen LogP contribution in [-0.2, 0) is 148 Å². The Morgan fingerprint density at radius 1 is 0.250 bits per heavy atom. The molecule has 6 aliphatic heterocycles. The summed E-state index contributed by atoms with van der Waals surface area (Å²) in [6, 6.07) is 75.6. The summed E-state index contributed by atoms with van der Waals surface area (Å²) in [6.07, 6.45) is 28.4. The van der Waals surface area contributed by atoms with Crippen LogP contribution in [0.4, 0.5) is 5.69 Å². The van der Waals surface area contributed by atoms with E-state index in [9.17, 15) is 0 Å². The molecule has 0 spiro atoms. The van der Waals surface area contributed by atoms with Crippen molar-refractivity contribution in [3.05, 3.63) is 381 Å². The van der Waals surface area contributed by atoms with Gasteiger partial charge in [-0.05, 0) is 358 Å². The number of nitrogens with zero attached hydrogens (tertiary/aromatic N) is 5. The molecular weight excluding hydrogens is 1810 g/mol. The molecule has 11 heteroatoms. The van der Waals surface area contributed by atoms with Crippen LogP contribution in [0.2, 0.25) is 0 Å². The smallest absolute Gasteiger partial charge is 0.122 e. The minimum absolute atomic E-state index is 0.521. The lowest BCUT2D eigenvalue weighted by Gasteiger charge is -2.28. The SMILES string of the molecule is CC(C)C1COCc2ccccc21.CC(C)C1COCc2ncccc21.CC(C)C1Cc2ccccc2C1.CC(C)C1Cc2ccccc2N1.CC(C)C1Cc2cccnc2C1.CC(C)c1ccc2c(c1)CCC2.CC(C)c1ccc2c(c1)CCC2.CC(C)c1ccc2c(c1)CCO2.CC(C)c1ccc2c(c1)CCOC2.CC(C)c1ccc2c(n1)CCC2.CC(C)c1ccc2c(n1)CCC2.CC(C)c1ccc2c(n1)CCOC2. The number of ether oxygens (including phenoxy) is 5. The maximum Gasteiger partial charge on any atom is 0.122 e. The van der Waals surface area contributed by atoms with E-state index in [1.54, 1.807) is 33.4 Å². The molecular formula is C137H184N6O5. The van der Waals surface area contributed by atoms with Gasteiger partial charge in [0.1, 0.15) is 5.75 Å². The number of para-hydroxylation sites is 1. The predicted molar refractivity (Wildman–Crippen MR) is 621 cm³/mol. The molecule has 0 saturated carbocycles. The van der Waals surface area contributed by atoms with Gasteiger partial charge in [-0.1, -0.05) is 330 Å². The normalized spacial score (nSPS) is 17.5. The van der Waals surface area contributed by atoms with Gasteiger partial charge < -0.3 is 29.0 Å². The molecule has 148 heavy (non-hydrogen) atoms. The third kappa shape index (κ3) is 33.4. The Morgan fingerprint density at radius 3 is 1.15 bits per heavy atom. The summed E-state index contributed by atoms with van der Waals surface area (Å²) >= 11 is 0.